The zero-order valence-corrected chi connectivity index (χ0v) is 19.5. The van der Waals surface area contributed by atoms with E-state index in [1.54, 1.807) is 11.8 Å². The standard InChI is InChI=1S/C25H33N5O3/c1-16-22-23(25(32)30(28-16)17-7-4-3-5-8-17)27-24(26-22)20-11-10-18(15-21(20)33-2)29-13-6-9-19(31)12-14-29/h10-11,15,17,19,31H,3-9,12-14H2,1-2H3,(H,26,27). The van der Waals surface area contributed by atoms with E-state index in [4.69, 9.17) is 9.72 Å². The maximum Gasteiger partial charge on any atom is 0.293 e. The van der Waals surface area contributed by atoms with Crippen LogP contribution in [-0.4, -0.2) is 51.2 Å². The van der Waals surface area contributed by atoms with E-state index in [2.05, 4.69) is 21.0 Å². The molecule has 1 atom stereocenters. The Morgan fingerprint density at radius 3 is 2.70 bits per heavy atom. The van der Waals surface area contributed by atoms with Gasteiger partial charge in [-0.05, 0) is 51.2 Å². The molecule has 8 heteroatoms. The number of aliphatic hydroxyl groups is 1. The van der Waals surface area contributed by atoms with E-state index in [-0.39, 0.29) is 17.7 Å². The van der Waals surface area contributed by atoms with Crippen LogP contribution in [0.3, 0.4) is 0 Å². The van der Waals surface area contributed by atoms with Gasteiger partial charge in [-0.15, -0.1) is 0 Å². The lowest BCUT2D eigenvalue weighted by molar-refractivity contribution is 0.161. The second kappa shape index (κ2) is 9.17. The third-order valence-corrected chi connectivity index (χ3v) is 7.15. The molecule has 176 valence electrons. The number of aliphatic hydroxyl groups excluding tert-OH is 1. The van der Waals surface area contributed by atoms with Crippen molar-refractivity contribution in [2.75, 3.05) is 25.1 Å². The second-order valence-electron chi connectivity index (χ2n) is 9.39. The molecule has 0 radical (unpaired) electrons. The number of nitrogens with one attached hydrogen (secondary N) is 1. The first-order chi connectivity index (χ1) is 16.0. The number of imidazole rings is 1. The smallest absolute Gasteiger partial charge is 0.293 e. The van der Waals surface area contributed by atoms with Crippen LogP contribution in [0, 0.1) is 6.92 Å². The largest absolute Gasteiger partial charge is 0.496 e. The molecule has 0 spiro atoms. The van der Waals surface area contributed by atoms with Crippen LogP contribution in [0.5, 0.6) is 5.75 Å². The average Bonchev–Trinajstić information content (AvgIpc) is 3.19. The highest BCUT2D eigenvalue weighted by molar-refractivity contribution is 5.82. The third-order valence-electron chi connectivity index (χ3n) is 7.15. The number of fused-ring (bicyclic) bond motifs is 1. The third kappa shape index (κ3) is 4.24. The summed E-state index contributed by atoms with van der Waals surface area (Å²) in [6, 6.07) is 6.25. The van der Waals surface area contributed by atoms with Gasteiger partial charge in [0.15, 0.2) is 0 Å². The van der Waals surface area contributed by atoms with Crippen molar-refractivity contribution in [3.8, 4) is 17.1 Å². The van der Waals surface area contributed by atoms with Gasteiger partial charge in [0.2, 0.25) is 0 Å². The van der Waals surface area contributed by atoms with Crippen molar-refractivity contribution in [1.29, 1.82) is 0 Å². The van der Waals surface area contributed by atoms with E-state index >= 15 is 0 Å². The summed E-state index contributed by atoms with van der Waals surface area (Å²) < 4.78 is 7.40. The number of benzene rings is 1. The summed E-state index contributed by atoms with van der Waals surface area (Å²) in [6.45, 7) is 3.65. The minimum absolute atomic E-state index is 0.0973. The number of anilines is 1. The van der Waals surface area contributed by atoms with E-state index < -0.39 is 0 Å². The maximum absolute atomic E-state index is 13.3. The number of aromatic amines is 1. The topological polar surface area (TPSA) is 96.3 Å². The lowest BCUT2D eigenvalue weighted by Crippen LogP contribution is -2.29. The Kier molecular flexibility index (Phi) is 6.10. The molecule has 8 nitrogen and oxygen atoms in total. The van der Waals surface area contributed by atoms with E-state index in [0.717, 1.165) is 75.0 Å². The van der Waals surface area contributed by atoms with Crippen LogP contribution >= 0.6 is 0 Å². The number of rotatable bonds is 4. The van der Waals surface area contributed by atoms with E-state index in [1.165, 1.54) is 6.42 Å². The number of H-pyrrole nitrogens is 1. The molecule has 0 amide bonds. The Morgan fingerprint density at radius 2 is 1.91 bits per heavy atom. The van der Waals surface area contributed by atoms with Crippen molar-refractivity contribution in [3.05, 3.63) is 34.2 Å². The highest BCUT2D eigenvalue weighted by atomic mass is 16.5. The van der Waals surface area contributed by atoms with E-state index in [1.807, 2.05) is 19.1 Å². The first-order valence-corrected chi connectivity index (χ1v) is 12.2. The molecular weight excluding hydrogens is 418 g/mol. The molecule has 33 heavy (non-hydrogen) atoms. The summed E-state index contributed by atoms with van der Waals surface area (Å²) in [5, 5.41) is 14.6. The first-order valence-electron chi connectivity index (χ1n) is 12.2. The monoisotopic (exact) mass is 451 g/mol. The highest BCUT2D eigenvalue weighted by Gasteiger charge is 2.23. The molecular formula is C25H33N5O3. The van der Waals surface area contributed by atoms with Crippen molar-refractivity contribution < 1.29 is 9.84 Å². The molecule has 1 saturated heterocycles. The van der Waals surface area contributed by atoms with Crippen molar-refractivity contribution in [2.45, 2.75) is 70.4 Å². The summed E-state index contributed by atoms with van der Waals surface area (Å²) in [4.78, 5) is 23.6. The van der Waals surface area contributed by atoms with Crippen molar-refractivity contribution in [2.24, 2.45) is 0 Å². The van der Waals surface area contributed by atoms with Crippen LogP contribution in [0.15, 0.2) is 23.0 Å². The summed E-state index contributed by atoms with van der Waals surface area (Å²) in [5.74, 6) is 1.32. The van der Waals surface area contributed by atoms with Crippen molar-refractivity contribution >= 4 is 16.7 Å². The summed E-state index contributed by atoms with van der Waals surface area (Å²) >= 11 is 0. The van der Waals surface area contributed by atoms with Gasteiger partial charge in [-0.25, -0.2) is 9.67 Å². The van der Waals surface area contributed by atoms with Crippen LogP contribution in [0.2, 0.25) is 0 Å². The van der Waals surface area contributed by atoms with Crippen LogP contribution < -0.4 is 15.2 Å². The molecule has 2 aliphatic rings. The van der Waals surface area contributed by atoms with E-state index in [9.17, 15) is 9.90 Å². The molecule has 1 aromatic carbocycles. The van der Waals surface area contributed by atoms with Gasteiger partial charge < -0.3 is 19.7 Å². The number of nitrogens with zero attached hydrogens (tertiary/aromatic N) is 4. The Morgan fingerprint density at radius 1 is 1.09 bits per heavy atom. The lowest BCUT2D eigenvalue weighted by atomic mass is 9.95. The minimum atomic E-state index is -0.221. The van der Waals surface area contributed by atoms with Crippen LogP contribution in [-0.2, 0) is 0 Å². The normalized spacial score (nSPS) is 20.2. The molecule has 3 aromatic rings. The molecule has 5 rings (SSSR count). The Hall–Kier alpha value is -2.87. The Bertz CT molecular complexity index is 1190. The molecule has 1 unspecified atom stereocenters. The van der Waals surface area contributed by atoms with Crippen molar-refractivity contribution in [3.63, 3.8) is 0 Å². The molecule has 1 saturated carbocycles. The van der Waals surface area contributed by atoms with Gasteiger partial charge in [0, 0.05) is 24.8 Å². The predicted molar refractivity (Wildman–Crippen MR) is 129 cm³/mol. The van der Waals surface area contributed by atoms with Crippen LogP contribution in [0.4, 0.5) is 5.69 Å². The molecule has 1 aliphatic heterocycles. The molecule has 0 bridgehead atoms. The zero-order valence-electron chi connectivity index (χ0n) is 19.5. The Labute approximate surface area is 193 Å². The van der Waals surface area contributed by atoms with Crippen molar-refractivity contribution in [1.82, 2.24) is 19.7 Å². The molecule has 2 fully saturated rings. The lowest BCUT2D eigenvalue weighted by Gasteiger charge is -2.23. The van der Waals surface area contributed by atoms with Gasteiger partial charge in [-0.1, -0.05) is 19.3 Å². The fourth-order valence-electron chi connectivity index (χ4n) is 5.27. The zero-order chi connectivity index (χ0) is 22.9. The minimum Gasteiger partial charge on any atom is -0.496 e. The number of hydrogen-bond acceptors (Lipinski definition) is 6. The van der Waals surface area contributed by atoms with Gasteiger partial charge >= 0.3 is 0 Å². The molecule has 2 aromatic heterocycles. The quantitative estimate of drug-likeness (QED) is 0.623. The van der Waals surface area contributed by atoms with Crippen LogP contribution in [0.1, 0.15) is 63.1 Å². The predicted octanol–water partition coefficient (Wildman–Crippen LogP) is 3.96. The fraction of sp³-hybridized carbons (Fsp3) is 0.560. The Balaban J connectivity index is 1.51. The van der Waals surface area contributed by atoms with E-state index in [0.29, 0.717) is 22.6 Å². The summed E-state index contributed by atoms with van der Waals surface area (Å²) in [7, 11) is 1.65. The molecule has 2 N–H and O–H groups in total. The van der Waals surface area contributed by atoms with Gasteiger partial charge in [0.25, 0.3) is 5.56 Å². The number of hydrogen-bond donors (Lipinski definition) is 2. The van der Waals surface area contributed by atoms with Crippen LogP contribution in [0.25, 0.3) is 22.4 Å². The average molecular weight is 452 g/mol. The number of aryl methyl sites for hydroxylation is 1. The number of aromatic nitrogens is 4. The van der Waals surface area contributed by atoms with Gasteiger partial charge in [-0.3, -0.25) is 4.79 Å². The van der Waals surface area contributed by atoms with Gasteiger partial charge in [0.1, 0.15) is 22.6 Å². The van der Waals surface area contributed by atoms with Gasteiger partial charge in [0.05, 0.1) is 30.5 Å². The first kappa shape index (κ1) is 21.9. The summed E-state index contributed by atoms with van der Waals surface area (Å²) in [6.07, 6.45) is 7.88. The highest BCUT2D eigenvalue weighted by Crippen LogP contribution is 2.34. The SMILES string of the molecule is COc1cc(N2CCCC(O)CC2)ccc1-c1nc2c(C)nn(C3CCCCC3)c(=O)c2[nH]1. The summed E-state index contributed by atoms with van der Waals surface area (Å²) in [5.41, 5.74) is 3.68. The fourth-order valence-corrected chi connectivity index (χ4v) is 5.27. The maximum atomic E-state index is 13.3. The number of methoxy groups -OCH3 is 1. The molecule has 3 heterocycles. The van der Waals surface area contributed by atoms with Gasteiger partial charge in [-0.2, -0.15) is 5.10 Å². The number of ether oxygens (including phenoxy) is 1. The second-order valence-corrected chi connectivity index (χ2v) is 9.39. The molecule has 1 aliphatic carbocycles.